The van der Waals surface area contributed by atoms with Crippen LogP contribution < -0.4 is 16.2 Å². The molecule has 4 unspecified atom stereocenters. The molecule has 4 aromatic rings. The lowest BCUT2D eigenvalue weighted by Crippen LogP contribution is -2.43. The first-order chi connectivity index (χ1) is 21.4. The number of ether oxygens (including phenoxy) is 5. The number of nitrogens with two attached hydrogens (primary N) is 1. The summed E-state index contributed by atoms with van der Waals surface area (Å²) in [7, 11) is 0. The van der Waals surface area contributed by atoms with E-state index >= 15 is 0 Å². The summed E-state index contributed by atoms with van der Waals surface area (Å²) >= 11 is 0. The van der Waals surface area contributed by atoms with Crippen LogP contribution in [-0.4, -0.2) is 64.0 Å². The normalized spacial score (nSPS) is 19.1. The van der Waals surface area contributed by atoms with Gasteiger partial charge in [0.25, 0.3) is 0 Å². The Hall–Kier alpha value is -5.56. The Morgan fingerprint density at radius 2 is 1.27 bits per heavy atom. The molecule has 5 rings (SSSR count). The Balaban J connectivity index is 1.55. The summed E-state index contributed by atoms with van der Waals surface area (Å²) < 4.78 is 29.9. The third kappa shape index (κ3) is 6.73. The molecular formula is C31H28N4O9. The quantitative estimate of drug-likeness (QED) is 0.209. The molecule has 2 N–H and O–H groups in total. The number of hydrogen-bond acceptors (Lipinski definition) is 12. The number of carbonyl (C=O) groups is 3. The molecule has 1 aliphatic heterocycles. The smallest absolute Gasteiger partial charge is 0.357 e. The molecule has 13 heteroatoms. The van der Waals surface area contributed by atoms with E-state index in [9.17, 15) is 19.2 Å². The highest BCUT2D eigenvalue weighted by Crippen LogP contribution is 2.36. The Kier molecular flexibility index (Phi) is 9.25. The predicted octanol–water partition coefficient (Wildman–Crippen LogP) is 2.82. The van der Waals surface area contributed by atoms with Gasteiger partial charge in [0.15, 0.2) is 18.4 Å². The lowest BCUT2D eigenvalue weighted by Gasteiger charge is -2.25. The number of aromatic nitrogens is 3. The summed E-state index contributed by atoms with van der Waals surface area (Å²) in [6.07, 6.45) is -5.53. The molecule has 0 amide bonds. The van der Waals surface area contributed by atoms with E-state index in [1.54, 1.807) is 73.7 Å². The molecule has 2 heterocycles. The minimum absolute atomic E-state index is 0.0849. The van der Waals surface area contributed by atoms with Crippen molar-refractivity contribution < 1.29 is 38.1 Å². The summed E-state index contributed by atoms with van der Waals surface area (Å²) in [4.78, 5) is 60.2. The van der Waals surface area contributed by atoms with Crippen molar-refractivity contribution in [2.24, 2.45) is 0 Å². The highest BCUT2D eigenvalue weighted by molar-refractivity contribution is 5.91. The molecule has 0 bridgehead atoms. The largest absolute Gasteiger partial charge is 0.465 e. The molecule has 44 heavy (non-hydrogen) atoms. The van der Waals surface area contributed by atoms with Gasteiger partial charge in [0.05, 0.1) is 23.3 Å². The predicted molar refractivity (Wildman–Crippen MR) is 154 cm³/mol. The Morgan fingerprint density at radius 3 is 1.80 bits per heavy atom. The van der Waals surface area contributed by atoms with Gasteiger partial charge in [-0.15, -0.1) is 0 Å². The van der Waals surface area contributed by atoms with Crippen molar-refractivity contribution in [2.45, 2.75) is 31.5 Å². The summed E-state index contributed by atoms with van der Waals surface area (Å²) in [6, 6.07) is 24.1. The van der Waals surface area contributed by atoms with Crippen molar-refractivity contribution >= 4 is 23.9 Å². The second kappa shape index (κ2) is 13.6. The molecular weight excluding hydrogens is 572 g/mol. The fraction of sp³-hybridized carbons (Fsp3) is 0.226. The molecule has 1 aromatic heterocycles. The molecule has 226 valence electrons. The van der Waals surface area contributed by atoms with Gasteiger partial charge in [0.1, 0.15) is 12.7 Å². The van der Waals surface area contributed by atoms with Crippen LogP contribution in [-0.2, 0) is 18.9 Å². The van der Waals surface area contributed by atoms with Crippen molar-refractivity contribution in [2.75, 3.05) is 18.9 Å². The second-order valence-corrected chi connectivity index (χ2v) is 9.45. The Morgan fingerprint density at radius 1 is 0.773 bits per heavy atom. The molecule has 1 saturated heterocycles. The summed E-state index contributed by atoms with van der Waals surface area (Å²) in [5, 5.41) is 0. The monoisotopic (exact) mass is 600 g/mol. The number of nitrogen functional groups attached to an aromatic ring is 1. The maximum absolute atomic E-state index is 13.3. The molecule has 0 radical (unpaired) electrons. The molecule has 1 aliphatic rings. The number of hydrogen-bond donors (Lipinski definition) is 1. The van der Waals surface area contributed by atoms with Crippen LogP contribution in [0.3, 0.4) is 0 Å². The lowest BCUT2D eigenvalue weighted by atomic mass is 10.1. The molecule has 0 saturated carbocycles. The van der Waals surface area contributed by atoms with Crippen molar-refractivity contribution in [1.29, 1.82) is 0 Å². The lowest BCUT2D eigenvalue weighted by molar-refractivity contribution is -0.0674. The van der Waals surface area contributed by atoms with Crippen LogP contribution in [0.15, 0.2) is 95.8 Å². The zero-order chi connectivity index (χ0) is 31.1. The van der Waals surface area contributed by atoms with E-state index in [2.05, 4.69) is 9.97 Å². The van der Waals surface area contributed by atoms with E-state index in [1.165, 1.54) is 24.3 Å². The average Bonchev–Trinajstić information content (AvgIpc) is 3.36. The number of carbonyl (C=O) groups excluding carboxylic acids is 3. The van der Waals surface area contributed by atoms with Crippen molar-refractivity contribution in [3.05, 3.63) is 118 Å². The minimum atomic E-state index is -1.48. The van der Waals surface area contributed by atoms with Gasteiger partial charge in [-0.1, -0.05) is 54.6 Å². The third-order valence-electron chi connectivity index (χ3n) is 6.54. The van der Waals surface area contributed by atoms with Crippen LogP contribution >= 0.6 is 0 Å². The van der Waals surface area contributed by atoms with Gasteiger partial charge in [-0.05, 0) is 43.3 Å². The van der Waals surface area contributed by atoms with Crippen LogP contribution in [0.1, 0.15) is 44.2 Å². The first-order valence-corrected chi connectivity index (χ1v) is 13.6. The van der Waals surface area contributed by atoms with Crippen LogP contribution in [0.5, 0.6) is 6.01 Å². The summed E-state index contributed by atoms with van der Waals surface area (Å²) in [5.74, 6) is -2.60. The standard InChI is InChI=1S/C31H28N4O9/c1-2-40-31-34-29(32)33-30(39)35(31)25-24(44-28(38)21-16-10-5-11-17-21)23(43-27(37)20-14-8-4-9-15-20)22(42-25)18-41-26(36)19-12-6-3-7-13-19/h3-17,22-25H,2,18H2,1H3,(H2,32,33,39). The molecule has 0 aliphatic carbocycles. The average molecular weight is 601 g/mol. The molecule has 3 aromatic carbocycles. The summed E-state index contributed by atoms with van der Waals surface area (Å²) in [5.41, 5.74) is 5.43. The van der Waals surface area contributed by atoms with Gasteiger partial charge in [-0.3, -0.25) is 0 Å². The fourth-order valence-corrected chi connectivity index (χ4v) is 4.52. The van der Waals surface area contributed by atoms with Gasteiger partial charge in [-0.25, -0.2) is 23.7 Å². The molecule has 1 fully saturated rings. The fourth-order valence-electron chi connectivity index (χ4n) is 4.52. The highest BCUT2D eigenvalue weighted by atomic mass is 16.7. The van der Waals surface area contributed by atoms with Gasteiger partial charge in [0, 0.05) is 0 Å². The number of nitrogens with zero attached hydrogens (tertiary/aromatic N) is 3. The molecule has 0 spiro atoms. The highest BCUT2D eigenvalue weighted by Gasteiger charge is 2.52. The van der Waals surface area contributed by atoms with E-state index in [-0.39, 0.29) is 35.3 Å². The van der Waals surface area contributed by atoms with Crippen LogP contribution in [0, 0.1) is 0 Å². The van der Waals surface area contributed by atoms with Crippen LogP contribution in [0.2, 0.25) is 0 Å². The van der Waals surface area contributed by atoms with E-state index in [0.29, 0.717) is 0 Å². The van der Waals surface area contributed by atoms with E-state index in [0.717, 1.165) is 4.57 Å². The first-order valence-electron chi connectivity index (χ1n) is 13.6. The maximum atomic E-state index is 13.3. The number of esters is 3. The zero-order valence-electron chi connectivity index (χ0n) is 23.5. The molecule has 4 atom stereocenters. The van der Waals surface area contributed by atoms with Gasteiger partial charge in [0.2, 0.25) is 5.95 Å². The van der Waals surface area contributed by atoms with E-state index in [4.69, 9.17) is 29.4 Å². The van der Waals surface area contributed by atoms with Gasteiger partial charge < -0.3 is 29.4 Å². The number of benzene rings is 3. The molecule has 13 nitrogen and oxygen atoms in total. The van der Waals surface area contributed by atoms with Crippen molar-refractivity contribution in [3.63, 3.8) is 0 Å². The number of anilines is 1. The summed E-state index contributed by atoms with van der Waals surface area (Å²) in [6.45, 7) is 1.30. The Labute approximate surface area is 251 Å². The third-order valence-corrected chi connectivity index (χ3v) is 6.54. The van der Waals surface area contributed by atoms with Crippen LogP contribution in [0.4, 0.5) is 5.95 Å². The number of rotatable bonds is 10. The van der Waals surface area contributed by atoms with Crippen molar-refractivity contribution in [1.82, 2.24) is 14.5 Å². The van der Waals surface area contributed by atoms with E-state index in [1.807, 2.05) is 0 Å². The van der Waals surface area contributed by atoms with Gasteiger partial charge in [-0.2, -0.15) is 9.97 Å². The second-order valence-electron chi connectivity index (χ2n) is 9.45. The maximum Gasteiger partial charge on any atom is 0.357 e. The SMILES string of the molecule is CCOc1nc(N)nc(=O)n1C1OC(COC(=O)c2ccccc2)C(OC(=O)c2ccccc2)C1OC(=O)c1ccccc1. The first kappa shape index (κ1) is 29.9. The van der Waals surface area contributed by atoms with Gasteiger partial charge >= 0.3 is 29.6 Å². The zero-order valence-corrected chi connectivity index (χ0v) is 23.5. The van der Waals surface area contributed by atoms with E-state index < -0.39 is 54.7 Å². The Bertz CT molecular complexity index is 1670. The van der Waals surface area contributed by atoms with Crippen LogP contribution in [0.25, 0.3) is 0 Å². The minimum Gasteiger partial charge on any atom is -0.465 e. The topological polar surface area (TPSA) is 171 Å². The van der Waals surface area contributed by atoms with Crippen molar-refractivity contribution in [3.8, 4) is 6.01 Å².